The smallest absolute Gasteiger partial charge is 0.489 e. The van der Waals surface area contributed by atoms with Gasteiger partial charge >= 0.3 is 6.16 Å². The van der Waals surface area contributed by atoms with E-state index in [1.807, 2.05) is 32.0 Å². The van der Waals surface area contributed by atoms with Gasteiger partial charge in [0.1, 0.15) is 23.9 Å². The van der Waals surface area contributed by atoms with Gasteiger partial charge in [-0.1, -0.05) is 12.1 Å². The van der Waals surface area contributed by atoms with Gasteiger partial charge in [0.25, 0.3) is 0 Å². The predicted molar refractivity (Wildman–Crippen MR) is 79.7 cm³/mol. The summed E-state index contributed by atoms with van der Waals surface area (Å²) in [4.78, 5) is 11.2. The van der Waals surface area contributed by atoms with Crippen molar-refractivity contribution in [3.05, 3.63) is 58.9 Å². The average Bonchev–Trinajstić information content (AvgIpc) is 2.50. The highest BCUT2D eigenvalue weighted by atomic mass is 19.1. The van der Waals surface area contributed by atoms with Crippen molar-refractivity contribution < 1.29 is 23.4 Å². The fourth-order valence-electron chi connectivity index (χ4n) is 1.87. The number of benzene rings is 2. The molecule has 0 saturated carbocycles. The molecule has 2 aromatic rings. The Morgan fingerprint density at radius 3 is 2.59 bits per heavy atom. The van der Waals surface area contributed by atoms with E-state index in [1.165, 1.54) is 25.3 Å². The van der Waals surface area contributed by atoms with E-state index in [0.717, 1.165) is 11.1 Å². The van der Waals surface area contributed by atoms with E-state index < -0.39 is 12.0 Å². The first kappa shape index (κ1) is 15.8. The molecule has 0 unspecified atom stereocenters. The molecule has 0 bridgehead atoms. The standard InChI is InChI=1S/C17H17FO4/c1-11-7-8-13(9-12(11)2)21-10-14-15(18)5-4-6-16(14)22-17(19)20-3/h4-9H,10H2,1-3H3. The number of hydrogen-bond donors (Lipinski definition) is 0. The minimum Gasteiger partial charge on any atom is -0.489 e. The fraction of sp³-hybridized carbons (Fsp3) is 0.235. The van der Waals surface area contributed by atoms with Crippen molar-refractivity contribution >= 4 is 6.16 Å². The van der Waals surface area contributed by atoms with Crippen LogP contribution in [0.15, 0.2) is 36.4 Å². The van der Waals surface area contributed by atoms with Crippen LogP contribution >= 0.6 is 0 Å². The van der Waals surface area contributed by atoms with Crippen LogP contribution in [0.4, 0.5) is 9.18 Å². The van der Waals surface area contributed by atoms with E-state index in [0.29, 0.717) is 5.75 Å². The summed E-state index contributed by atoms with van der Waals surface area (Å²) in [5, 5.41) is 0. The third-order valence-corrected chi connectivity index (χ3v) is 3.30. The van der Waals surface area contributed by atoms with Crippen molar-refractivity contribution in [2.24, 2.45) is 0 Å². The summed E-state index contributed by atoms with van der Waals surface area (Å²) >= 11 is 0. The molecular weight excluding hydrogens is 287 g/mol. The Bertz CT molecular complexity index is 682. The Kier molecular flexibility index (Phi) is 4.99. The quantitative estimate of drug-likeness (QED) is 0.628. The second kappa shape index (κ2) is 6.93. The summed E-state index contributed by atoms with van der Waals surface area (Å²) in [6, 6.07) is 9.83. The molecule has 0 amide bonds. The second-order valence-corrected chi connectivity index (χ2v) is 4.81. The Labute approximate surface area is 128 Å². The molecule has 0 aromatic heterocycles. The fourth-order valence-corrected chi connectivity index (χ4v) is 1.87. The number of halogens is 1. The average molecular weight is 304 g/mol. The van der Waals surface area contributed by atoms with Gasteiger partial charge in [-0.15, -0.1) is 0 Å². The number of rotatable bonds is 4. The minimum absolute atomic E-state index is 0.0541. The molecule has 2 aromatic carbocycles. The molecule has 0 aliphatic rings. The van der Waals surface area contributed by atoms with E-state index in [2.05, 4.69) is 4.74 Å². The van der Waals surface area contributed by atoms with Gasteiger partial charge < -0.3 is 14.2 Å². The van der Waals surface area contributed by atoms with Gasteiger partial charge in [0, 0.05) is 0 Å². The molecule has 2 rings (SSSR count). The zero-order valence-electron chi connectivity index (χ0n) is 12.7. The van der Waals surface area contributed by atoms with Gasteiger partial charge in [0.2, 0.25) is 0 Å². The minimum atomic E-state index is -0.905. The molecule has 0 heterocycles. The number of ether oxygens (including phenoxy) is 3. The lowest BCUT2D eigenvalue weighted by molar-refractivity contribution is 0.120. The molecule has 22 heavy (non-hydrogen) atoms. The molecule has 0 spiro atoms. The Morgan fingerprint density at radius 1 is 1.14 bits per heavy atom. The summed E-state index contributed by atoms with van der Waals surface area (Å²) in [6.07, 6.45) is -0.905. The first-order valence-electron chi connectivity index (χ1n) is 6.74. The van der Waals surface area contributed by atoms with Gasteiger partial charge in [-0.05, 0) is 49.2 Å². The van der Waals surface area contributed by atoms with Crippen LogP contribution in [0.25, 0.3) is 0 Å². The molecule has 0 radical (unpaired) electrons. The van der Waals surface area contributed by atoms with Crippen LogP contribution in [-0.2, 0) is 11.3 Å². The zero-order chi connectivity index (χ0) is 16.1. The molecule has 0 aliphatic carbocycles. The van der Waals surface area contributed by atoms with Crippen molar-refractivity contribution in [1.29, 1.82) is 0 Å². The van der Waals surface area contributed by atoms with Crippen LogP contribution in [0.2, 0.25) is 0 Å². The summed E-state index contributed by atoms with van der Waals surface area (Å²) in [5.74, 6) is 0.191. The number of methoxy groups -OCH3 is 1. The third kappa shape index (κ3) is 3.75. The maximum atomic E-state index is 13.9. The summed E-state index contributed by atoms with van der Waals surface area (Å²) in [5.41, 5.74) is 2.39. The van der Waals surface area contributed by atoms with Crippen molar-refractivity contribution in [2.45, 2.75) is 20.5 Å². The lowest BCUT2D eigenvalue weighted by Gasteiger charge is -2.12. The topological polar surface area (TPSA) is 44.8 Å². The van der Waals surface area contributed by atoms with E-state index in [4.69, 9.17) is 9.47 Å². The van der Waals surface area contributed by atoms with E-state index in [9.17, 15) is 9.18 Å². The van der Waals surface area contributed by atoms with Crippen molar-refractivity contribution in [1.82, 2.24) is 0 Å². The van der Waals surface area contributed by atoms with Crippen LogP contribution in [0.3, 0.4) is 0 Å². The predicted octanol–water partition coefficient (Wildman–Crippen LogP) is 4.17. The molecule has 4 nitrogen and oxygen atoms in total. The maximum absolute atomic E-state index is 13.9. The Hall–Kier alpha value is -2.56. The molecule has 0 atom stereocenters. The van der Waals surface area contributed by atoms with Crippen LogP contribution < -0.4 is 9.47 Å². The lowest BCUT2D eigenvalue weighted by Crippen LogP contribution is -2.11. The van der Waals surface area contributed by atoms with E-state index in [1.54, 1.807) is 0 Å². The maximum Gasteiger partial charge on any atom is 0.513 e. The normalized spacial score (nSPS) is 10.2. The number of hydrogen-bond acceptors (Lipinski definition) is 4. The number of carbonyl (C=O) groups excluding carboxylic acids is 1. The summed E-state index contributed by atoms with van der Waals surface area (Å²) in [7, 11) is 1.19. The highest BCUT2D eigenvalue weighted by molar-refractivity contribution is 5.64. The molecule has 0 N–H and O–H groups in total. The monoisotopic (exact) mass is 304 g/mol. The SMILES string of the molecule is COC(=O)Oc1cccc(F)c1COc1ccc(C)c(C)c1. The lowest BCUT2D eigenvalue weighted by atomic mass is 10.1. The highest BCUT2D eigenvalue weighted by Gasteiger charge is 2.14. The first-order valence-corrected chi connectivity index (χ1v) is 6.74. The zero-order valence-corrected chi connectivity index (χ0v) is 12.7. The van der Waals surface area contributed by atoms with Gasteiger partial charge in [-0.25, -0.2) is 9.18 Å². The van der Waals surface area contributed by atoms with E-state index in [-0.39, 0.29) is 17.9 Å². The third-order valence-electron chi connectivity index (χ3n) is 3.30. The van der Waals surface area contributed by atoms with Crippen molar-refractivity contribution in [2.75, 3.05) is 7.11 Å². The Balaban J connectivity index is 2.17. The Morgan fingerprint density at radius 2 is 1.91 bits per heavy atom. The molecule has 0 fully saturated rings. The van der Waals surface area contributed by atoms with Gasteiger partial charge in [0.15, 0.2) is 0 Å². The molecule has 116 valence electrons. The van der Waals surface area contributed by atoms with Gasteiger partial charge in [0.05, 0.1) is 12.7 Å². The van der Waals surface area contributed by atoms with Crippen molar-refractivity contribution in [3.63, 3.8) is 0 Å². The highest BCUT2D eigenvalue weighted by Crippen LogP contribution is 2.25. The number of aryl methyl sites for hydroxylation is 2. The molecular formula is C17H17FO4. The first-order chi connectivity index (χ1) is 10.5. The molecule has 0 aliphatic heterocycles. The van der Waals surface area contributed by atoms with Crippen LogP contribution in [0.1, 0.15) is 16.7 Å². The molecule has 0 saturated heterocycles. The van der Waals surface area contributed by atoms with Crippen molar-refractivity contribution in [3.8, 4) is 11.5 Å². The van der Waals surface area contributed by atoms with Gasteiger partial charge in [-0.3, -0.25) is 0 Å². The van der Waals surface area contributed by atoms with Crippen LogP contribution in [0.5, 0.6) is 11.5 Å². The largest absolute Gasteiger partial charge is 0.513 e. The second-order valence-electron chi connectivity index (χ2n) is 4.81. The molecule has 5 heteroatoms. The van der Waals surface area contributed by atoms with Crippen LogP contribution in [-0.4, -0.2) is 13.3 Å². The van der Waals surface area contributed by atoms with Crippen LogP contribution in [0, 0.1) is 19.7 Å². The van der Waals surface area contributed by atoms with E-state index >= 15 is 0 Å². The number of carbonyl (C=O) groups is 1. The van der Waals surface area contributed by atoms with Gasteiger partial charge in [-0.2, -0.15) is 0 Å². The summed E-state index contributed by atoms with van der Waals surface area (Å²) in [6.45, 7) is 3.91. The summed E-state index contributed by atoms with van der Waals surface area (Å²) < 4.78 is 28.9.